The molecule has 7 nitrogen and oxygen atoms in total. The molecule has 0 radical (unpaired) electrons. The van der Waals surface area contributed by atoms with Gasteiger partial charge < -0.3 is 19.8 Å². The highest BCUT2D eigenvalue weighted by Crippen LogP contribution is 2.61. The Hall–Kier alpha value is -3.07. The summed E-state index contributed by atoms with van der Waals surface area (Å²) < 4.78 is -0.869. The second kappa shape index (κ2) is 11.7. The molecule has 2 saturated heterocycles. The van der Waals surface area contributed by atoms with Crippen molar-refractivity contribution in [1.82, 2.24) is 9.80 Å². The van der Waals surface area contributed by atoms with Crippen molar-refractivity contribution in [1.29, 1.82) is 0 Å². The highest BCUT2D eigenvalue weighted by Gasteiger charge is 2.71. The molecule has 214 valence electrons. The fourth-order valence-electron chi connectivity index (χ4n) is 6.83. The maximum atomic E-state index is 14.5. The SMILES string of the molecule is O=C1[C@@H]2[C@H]3C(=O)N(CCCCCO)C4C(=O)N(c5ccccc5Cl)CC=C[C@@]43S[C@@H]2C=CCN1Cc1ccccc1. The minimum absolute atomic E-state index is 0.0412. The van der Waals surface area contributed by atoms with E-state index in [2.05, 4.69) is 6.08 Å². The molecular weight excluding hydrogens is 558 g/mol. The van der Waals surface area contributed by atoms with E-state index in [9.17, 15) is 19.5 Å². The van der Waals surface area contributed by atoms with Gasteiger partial charge >= 0.3 is 0 Å². The topological polar surface area (TPSA) is 81.2 Å². The lowest BCUT2D eigenvalue weighted by molar-refractivity contribution is -0.143. The van der Waals surface area contributed by atoms with Crippen LogP contribution in [0.5, 0.6) is 0 Å². The number of nitrogens with zero attached hydrogens (tertiary/aromatic N) is 3. The highest BCUT2D eigenvalue weighted by molar-refractivity contribution is 8.02. The van der Waals surface area contributed by atoms with Gasteiger partial charge in [0.15, 0.2) is 0 Å². The number of carbonyl (C=O) groups is 3. The van der Waals surface area contributed by atoms with E-state index >= 15 is 0 Å². The maximum Gasteiger partial charge on any atom is 0.251 e. The lowest BCUT2D eigenvalue weighted by atomic mass is 9.78. The zero-order valence-electron chi connectivity index (χ0n) is 22.8. The van der Waals surface area contributed by atoms with Crippen LogP contribution in [0, 0.1) is 11.8 Å². The number of fused-ring (bicyclic) bond motifs is 2. The third-order valence-electron chi connectivity index (χ3n) is 8.66. The molecule has 1 N–H and O–H groups in total. The number of hydrogen-bond acceptors (Lipinski definition) is 5. The van der Waals surface area contributed by atoms with E-state index in [4.69, 9.17) is 11.6 Å². The van der Waals surface area contributed by atoms with E-state index in [1.54, 1.807) is 27.6 Å². The molecule has 0 bridgehead atoms. The number of rotatable bonds is 8. The van der Waals surface area contributed by atoms with Crippen molar-refractivity contribution in [3.05, 3.63) is 89.5 Å². The molecule has 5 atom stereocenters. The van der Waals surface area contributed by atoms with Gasteiger partial charge in [0.25, 0.3) is 5.91 Å². The first-order chi connectivity index (χ1) is 20.0. The molecule has 2 fully saturated rings. The molecule has 0 aromatic heterocycles. The molecule has 2 aromatic carbocycles. The van der Waals surface area contributed by atoms with E-state index in [0.29, 0.717) is 49.7 Å². The summed E-state index contributed by atoms with van der Waals surface area (Å²) in [5, 5.41) is 9.56. The largest absolute Gasteiger partial charge is 0.396 e. The molecule has 3 amide bonds. The second-order valence-electron chi connectivity index (χ2n) is 11.1. The van der Waals surface area contributed by atoms with Crippen molar-refractivity contribution < 1.29 is 19.5 Å². The molecule has 2 aromatic rings. The lowest BCUT2D eigenvalue weighted by Crippen LogP contribution is -2.53. The third kappa shape index (κ3) is 4.90. The number of carbonyl (C=O) groups excluding carboxylic acids is 3. The Balaban J connectivity index is 1.38. The number of halogens is 1. The van der Waals surface area contributed by atoms with Crippen LogP contribution in [-0.4, -0.2) is 74.9 Å². The van der Waals surface area contributed by atoms with Crippen LogP contribution in [-0.2, 0) is 20.9 Å². The van der Waals surface area contributed by atoms with Crippen LogP contribution in [0.3, 0.4) is 0 Å². The van der Waals surface area contributed by atoms with E-state index in [-0.39, 0.29) is 29.6 Å². The average molecular weight is 592 g/mol. The summed E-state index contributed by atoms with van der Waals surface area (Å²) in [6.45, 7) is 1.77. The van der Waals surface area contributed by atoms with Gasteiger partial charge in [0.2, 0.25) is 11.8 Å². The van der Waals surface area contributed by atoms with Crippen molar-refractivity contribution in [3.8, 4) is 0 Å². The van der Waals surface area contributed by atoms with Crippen molar-refractivity contribution >= 4 is 46.8 Å². The number of para-hydroxylation sites is 1. The Morgan fingerprint density at radius 3 is 2.46 bits per heavy atom. The van der Waals surface area contributed by atoms with Gasteiger partial charge in [-0.2, -0.15) is 0 Å². The third-order valence-corrected chi connectivity index (χ3v) is 10.7. The van der Waals surface area contributed by atoms with Crippen molar-refractivity contribution in [2.24, 2.45) is 11.8 Å². The summed E-state index contributed by atoms with van der Waals surface area (Å²) in [6.07, 6.45) is 10.1. The van der Waals surface area contributed by atoms with Gasteiger partial charge in [0.1, 0.15) is 6.04 Å². The Morgan fingerprint density at radius 2 is 1.68 bits per heavy atom. The van der Waals surface area contributed by atoms with Gasteiger partial charge in [-0.3, -0.25) is 14.4 Å². The van der Waals surface area contributed by atoms with Crippen LogP contribution in [0.1, 0.15) is 24.8 Å². The summed E-state index contributed by atoms with van der Waals surface area (Å²) in [5.41, 5.74) is 1.65. The number of likely N-dealkylation sites (tertiary alicyclic amines) is 1. The Labute approximate surface area is 249 Å². The van der Waals surface area contributed by atoms with Gasteiger partial charge in [-0.15, -0.1) is 11.8 Å². The van der Waals surface area contributed by atoms with Gasteiger partial charge in [0, 0.05) is 38.0 Å². The number of hydrogen-bond donors (Lipinski definition) is 1. The minimum Gasteiger partial charge on any atom is -0.396 e. The first-order valence-electron chi connectivity index (χ1n) is 14.3. The van der Waals surface area contributed by atoms with Gasteiger partial charge in [-0.25, -0.2) is 0 Å². The van der Waals surface area contributed by atoms with E-state index in [1.165, 1.54) is 0 Å². The number of unbranched alkanes of at least 4 members (excludes halogenated alkanes) is 2. The minimum atomic E-state index is -0.869. The Kier molecular flexibility index (Phi) is 7.99. The van der Waals surface area contributed by atoms with Crippen LogP contribution in [0.15, 0.2) is 78.9 Å². The van der Waals surface area contributed by atoms with Crippen LogP contribution in [0.2, 0.25) is 5.02 Å². The Morgan fingerprint density at radius 1 is 0.902 bits per heavy atom. The van der Waals surface area contributed by atoms with Crippen LogP contribution >= 0.6 is 23.4 Å². The zero-order chi connectivity index (χ0) is 28.6. The first kappa shape index (κ1) is 28.1. The van der Waals surface area contributed by atoms with Crippen molar-refractivity contribution in [2.75, 3.05) is 31.1 Å². The summed E-state index contributed by atoms with van der Waals surface area (Å²) in [7, 11) is 0. The predicted octanol–water partition coefficient (Wildman–Crippen LogP) is 4.30. The van der Waals surface area contributed by atoms with Crippen molar-refractivity contribution in [2.45, 2.75) is 41.8 Å². The molecule has 9 heteroatoms. The number of anilines is 1. The average Bonchev–Trinajstić information content (AvgIpc) is 3.29. The molecule has 4 aliphatic heterocycles. The molecule has 1 unspecified atom stereocenters. The Bertz CT molecular complexity index is 1380. The summed E-state index contributed by atoms with van der Waals surface area (Å²) in [4.78, 5) is 48.3. The van der Waals surface area contributed by atoms with Crippen LogP contribution < -0.4 is 4.90 Å². The molecule has 1 spiro atoms. The molecule has 0 saturated carbocycles. The zero-order valence-corrected chi connectivity index (χ0v) is 24.3. The number of benzene rings is 2. The summed E-state index contributed by atoms with van der Waals surface area (Å²) >= 11 is 8.13. The summed E-state index contributed by atoms with van der Waals surface area (Å²) in [5.74, 6) is -1.58. The van der Waals surface area contributed by atoms with Crippen molar-refractivity contribution in [3.63, 3.8) is 0 Å². The normalized spacial score (nSPS) is 28.9. The molecular formula is C32H34ClN3O4S. The number of thioether (sulfide) groups is 1. The van der Waals surface area contributed by atoms with E-state index < -0.39 is 22.6 Å². The molecule has 4 aliphatic rings. The number of aliphatic hydroxyl groups is 1. The summed E-state index contributed by atoms with van der Waals surface area (Å²) in [6, 6.07) is 16.4. The van der Waals surface area contributed by atoms with E-state index in [0.717, 1.165) is 12.0 Å². The standard InChI is InChI=1S/C32H34ClN3O4S/c33-23-13-5-6-14-24(23)35-19-10-16-32-27(30(39)36(28(32)31(35)40)18-7-2-8-20-37)26-25(41-32)15-9-17-34(29(26)38)21-22-11-3-1-4-12-22/h1,3-6,9-16,25-28,37H,2,7-8,17-21H2/t25-,26+,27+,28?,32+/m1/s1. The van der Waals surface area contributed by atoms with Crippen LogP contribution in [0.4, 0.5) is 5.69 Å². The smallest absolute Gasteiger partial charge is 0.251 e. The van der Waals surface area contributed by atoms with Gasteiger partial charge in [-0.1, -0.05) is 78.4 Å². The highest BCUT2D eigenvalue weighted by atomic mass is 35.5. The van der Waals surface area contributed by atoms with Crippen LogP contribution in [0.25, 0.3) is 0 Å². The fraction of sp³-hybridized carbons (Fsp3) is 0.406. The molecule has 0 aliphatic carbocycles. The predicted molar refractivity (Wildman–Crippen MR) is 161 cm³/mol. The van der Waals surface area contributed by atoms with Gasteiger partial charge in [0.05, 0.1) is 27.3 Å². The number of aliphatic hydroxyl groups excluding tert-OH is 1. The monoisotopic (exact) mass is 591 g/mol. The molecule has 4 heterocycles. The molecule has 41 heavy (non-hydrogen) atoms. The fourth-order valence-corrected chi connectivity index (χ4v) is 9.08. The number of amides is 3. The van der Waals surface area contributed by atoms with E-state index in [1.807, 2.05) is 71.7 Å². The second-order valence-corrected chi connectivity index (χ2v) is 13.0. The lowest BCUT2D eigenvalue weighted by Gasteiger charge is -2.35. The maximum absolute atomic E-state index is 14.5. The first-order valence-corrected chi connectivity index (χ1v) is 15.5. The molecule has 6 rings (SSSR count). The van der Waals surface area contributed by atoms with Gasteiger partial charge in [-0.05, 0) is 37.0 Å². The quantitative estimate of drug-likeness (QED) is 0.366.